The number of aliphatic imine (C=N–C) groups is 1. The number of carbonyl (C=O) groups is 1. The zero-order valence-corrected chi connectivity index (χ0v) is 17.2. The average Bonchev–Trinajstić information content (AvgIpc) is 3.02. The van der Waals surface area contributed by atoms with Crippen molar-refractivity contribution in [2.45, 2.75) is 24.7 Å². The van der Waals surface area contributed by atoms with E-state index in [0.717, 1.165) is 6.07 Å². The molecule has 0 aromatic carbocycles. The molecule has 2 N–H and O–H groups in total. The van der Waals surface area contributed by atoms with Gasteiger partial charge in [-0.25, -0.2) is 10.1 Å². The van der Waals surface area contributed by atoms with Crippen molar-refractivity contribution < 1.29 is 23.6 Å². The molecule has 1 aromatic rings. The number of nitrogens with zero attached hydrogens (tertiary/aromatic N) is 2. The topological polar surface area (TPSA) is 123 Å². The molecule has 0 saturated heterocycles. The van der Waals surface area contributed by atoms with Gasteiger partial charge in [0.15, 0.2) is 16.1 Å². The Morgan fingerprint density at radius 3 is 3.00 bits per heavy atom. The standard InChI is InChI=1S/C13H16N3O6PS3/c1-2-7(8-3-6(21-19)4-9(17)20-8)14-12(18)13(23)5-26-11(15-13)10(24)16-22-25/h3-4,7,19,25H,2,5,23H2,1H3,(H,14,18)(H,16,24)/t7?,13-/m1/s1. The lowest BCUT2D eigenvalue weighted by Gasteiger charge is -2.23. The summed E-state index contributed by atoms with van der Waals surface area (Å²) in [7, 11) is 2.40. The lowest BCUT2D eigenvalue weighted by atomic mass is 10.1. The third-order valence-electron chi connectivity index (χ3n) is 3.37. The number of rotatable bonds is 7. The average molecular weight is 437 g/mol. The van der Waals surface area contributed by atoms with Gasteiger partial charge in [-0.2, -0.15) is 0 Å². The number of carbonyl (C=O) groups excluding carboxylic acids is 1. The molecule has 0 bridgehead atoms. The second-order valence-electron chi connectivity index (χ2n) is 5.17. The molecular weight excluding hydrogens is 421 g/mol. The Balaban J connectivity index is 2.21. The summed E-state index contributed by atoms with van der Waals surface area (Å²) in [5.74, 6) is 0.0120. The smallest absolute Gasteiger partial charge is 0.339 e. The first-order chi connectivity index (χ1) is 12.3. The molecule has 0 saturated carbocycles. The number of amides is 1. The van der Waals surface area contributed by atoms with E-state index in [0.29, 0.717) is 17.2 Å². The van der Waals surface area contributed by atoms with E-state index >= 15 is 0 Å². The summed E-state index contributed by atoms with van der Waals surface area (Å²) in [6, 6.07) is 1.69. The molecule has 1 aromatic heterocycles. The summed E-state index contributed by atoms with van der Waals surface area (Å²) in [6.07, 6.45) is 0.431. The third-order valence-corrected chi connectivity index (χ3v) is 5.93. The summed E-state index contributed by atoms with van der Waals surface area (Å²) >= 11 is 8.92. The van der Waals surface area contributed by atoms with Crippen LogP contribution in [0.4, 0.5) is 0 Å². The van der Waals surface area contributed by atoms with E-state index in [4.69, 9.17) is 9.67 Å². The van der Waals surface area contributed by atoms with Crippen molar-refractivity contribution in [2.75, 3.05) is 5.75 Å². The van der Waals surface area contributed by atoms with Crippen LogP contribution >= 0.6 is 46.5 Å². The highest BCUT2D eigenvalue weighted by atomic mass is 32.2. The number of nitrogens with one attached hydrogen (secondary N) is 1. The Kier molecular flexibility index (Phi) is 7.42. The minimum Gasteiger partial charge on any atom is -0.425 e. The van der Waals surface area contributed by atoms with Gasteiger partial charge in [0.1, 0.15) is 10.8 Å². The van der Waals surface area contributed by atoms with Gasteiger partial charge in [-0.1, -0.05) is 21.3 Å². The molecular formula is C13H16N3O6PS3. The predicted octanol–water partition coefficient (Wildman–Crippen LogP) is 1.88. The zero-order valence-electron chi connectivity index (χ0n) is 13.4. The first kappa shape index (κ1) is 21.1. The fourth-order valence-corrected chi connectivity index (χ4v) is 4.02. The van der Waals surface area contributed by atoms with Gasteiger partial charge in [0.25, 0.3) is 5.91 Å². The zero-order chi connectivity index (χ0) is 19.3. The summed E-state index contributed by atoms with van der Waals surface area (Å²) < 4.78 is 9.44. The number of thioether (sulfide) groups is 1. The van der Waals surface area contributed by atoms with Crippen molar-refractivity contribution in [3.8, 4) is 5.75 Å². The summed E-state index contributed by atoms with van der Waals surface area (Å²) in [5.41, 5.74) is -0.709. The molecule has 0 fully saturated rings. The van der Waals surface area contributed by atoms with E-state index in [-0.39, 0.29) is 16.6 Å². The van der Waals surface area contributed by atoms with Crippen LogP contribution in [0, 0.1) is 0 Å². The minimum atomic E-state index is -1.14. The summed E-state index contributed by atoms with van der Waals surface area (Å²) in [6.45, 7) is 1.80. The Morgan fingerprint density at radius 1 is 1.65 bits per heavy atom. The number of oxime groups is 1. The molecule has 26 heavy (non-hydrogen) atoms. The van der Waals surface area contributed by atoms with Crippen LogP contribution in [0.3, 0.4) is 0 Å². The van der Waals surface area contributed by atoms with Gasteiger partial charge in [0.2, 0.25) is 0 Å². The molecule has 0 aliphatic carbocycles. The van der Waals surface area contributed by atoms with E-state index < -0.39 is 22.9 Å². The highest BCUT2D eigenvalue weighted by Gasteiger charge is 2.40. The van der Waals surface area contributed by atoms with Gasteiger partial charge in [-0.15, -0.1) is 24.4 Å². The highest BCUT2D eigenvalue weighted by Crippen LogP contribution is 2.35. The highest BCUT2D eigenvalue weighted by molar-refractivity contribution is 8.20. The molecule has 2 rings (SSSR count). The van der Waals surface area contributed by atoms with Crippen molar-refractivity contribution in [3.63, 3.8) is 0 Å². The van der Waals surface area contributed by atoms with Crippen LogP contribution < -0.4 is 15.8 Å². The largest absolute Gasteiger partial charge is 0.425 e. The number of hydrogen-bond donors (Lipinski definition) is 4. The quantitative estimate of drug-likeness (QED) is 0.0977. The van der Waals surface area contributed by atoms with E-state index in [2.05, 4.69) is 59.4 Å². The minimum absolute atomic E-state index is 0.0797. The molecule has 2 unspecified atom stereocenters. The Bertz CT molecular complexity index is 802. The van der Waals surface area contributed by atoms with Gasteiger partial charge in [-0.3, -0.25) is 9.79 Å². The van der Waals surface area contributed by atoms with Crippen molar-refractivity contribution in [1.82, 2.24) is 5.32 Å². The van der Waals surface area contributed by atoms with E-state index in [1.54, 1.807) is 6.92 Å². The van der Waals surface area contributed by atoms with Crippen LogP contribution in [-0.2, 0) is 9.08 Å². The molecule has 9 nitrogen and oxygen atoms in total. The molecule has 0 radical (unpaired) electrons. The first-order valence-electron chi connectivity index (χ1n) is 7.20. The van der Waals surface area contributed by atoms with Crippen LogP contribution in [0.1, 0.15) is 25.1 Å². The monoisotopic (exact) mass is 437 g/mol. The maximum atomic E-state index is 12.7. The molecule has 13 heteroatoms. The van der Waals surface area contributed by atoms with Crippen LogP contribution in [-0.4, -0.2) is 32.3 Å². The lowest BCUT2D eigenvalue weighted by Crippen LogP contribution is -2.43. The number of thiol groups is 2. The number of hydrogen-bond acceptors (Lipinski definition) is 10. The van der Waals surface area contributed by atoms with Gasteiger partial charge in [0.05, 0.1) is 25.0 Å². The summed E-state index contributed by atoms with van der Waals surface area (Å²) in [4.78, 5) is 32.6. The molecule has 0 spiro atoms. The van der Waals surface area contributed by atoms with Crippen LogP contribution in [0.2, 0.25) is 0 Å². The Labute approximate surface area is 166 Å². The van der Waals surface area contributed by atoms with E-state index in [9.17, 15) is 9.59 Å². The maximum absolute atomic E-state index is 12.7. The van der Waals surface area contributed by atoms with Crippen molar-refractivity contribution in [1.29, 1.82) is 0 Å². The fourth-order valence-electron chi connectivity index (χ4n) is 2.09. The Morgan fingerprint density at radius 2 is 2.38 bits per heavy atom. The van der Waals surface area contributed by atoms with Crippen molar-refractivity contribution in [3.05, 3.63) is 28.3 Å². The normalized spacial score (nSPS) is 21.1. The van der Waals surface area contributed by atoms with Crippen LogP contribution in [0.25, 0.3) is 0 Å². The van der Waals surface area contributed by atoms with E-state index in [1.807, 2.05) is 0 Å². The molecule has 3 atom stereocenters. The molecule has 1 aliphatic rings. The van der Waals surface area contributed by atoms with Crippen molar-refractivity contribution >= 4 is 62.5 Å². The second kappa shape index (κ2) is 9.14. The fraction of sp³-hybridized carbons (Fsp3) is 0.385. The first-order valence-corrected chi connectivity index (χ1v) is 9.57. The lowest BCUT2D eigenvalue weighted by molar-refractivity contribution is -0.138. The Hall–Kier alpha value is -1.20. The van der Waals surface area contributed by atoms with Gasteiger partial charge >= 0.3 is 5.63 Å². The molecule has 142 valence electrons. The van der Waals surface area contributed by atoms with E-state index in [1.165, 1.54) is 17.8 Å². The van der Waals surface area contributed by atoms with Crippen LogP contribution in [0.15, 0.2) is 31.5 Å². The molecule has 1 amide bonds. The van der Waals surface area contributed by atoms with Gasteiger partial charge < -0.3 is 18.9 Å². The SMILES string of the molecule is CCC(NC(=O)[C@]1(P)CSC(/C(S)=N/OS)=N1)c1cc(OO)cc(=O)o1. The van der Waals surface area contributed by atoms with Crippen molar-refractivity contribution in [2.24, 2.45) is 10.1 Å². The molecule has 2 heterocycles. The van der Waals surface area contributed by atoms with Gasteiger partial charge in [0, 0.05) is 11.8 Å². The van der Waals surface area contributed by atoms with Gasteiger partial charge in [-0.05, 0) is 6.42 Å². The summed E-state index contributed by atoms with van der Waals surface area (Å²) in [5, 5.41) is 14.6. The van der Waals surface area contributed by atoms with Crippen LogP contribution in [0.5, 0.6) is 5.75 Å². The maximum Gasteiger partial charge on any atom is 0.339 e. The third kappa shape index (κ3) is 4.95. The predicted molar refractivity (Wildman–Crippen MR) is 108 cm³/mol. The second-order valence-corrected chi connectivity index (χ2v) is 7.67. The molecule has 1 aliphatic heterocycles.